The van der Waals surface area contributed by atoms with Crippen molar-refractivity contribution in [1.29, 1.82) is 0 Å². The van der Waals surface area contributed by atoms with Gasteiger partial charge in [-0.3, -0.25) is 0 Å². The van der Waals surface area contributed by atoms with Crippen LogP contribution in [0.15, 0.2) is 30.5 Å². The number of H-pyrrole nitrogens is 1. The summed E-state index contributed by atoms with van der Waals surface area (Å²) in [6, 6.07) is 8.03. The number of imidazole rings is 1. The Morgan fingerprint density at radius 1 is 1.21 bits per heavy atom. The molecule has 8 heteroatoms. The van der Waals surface area contributed by atoms with Crippen molar-refractivity contribution < 1.29 is 0 Å². The number of anilines is 1. The summed E-state index contributed by atoms with van der Waals surface area (Å²) in [6.45, 7) is 2.23. The first-order valence-electron chi connectivity index (χ1n) is 9.73. The predicted molar refractivity (Wildman–Crippen MR) is 109 cm³/mol. The lowest BCUT2D eigenvalue weighted by atomic mass is 10.3. The number of hydrogen-bond acceptors (Lipinski definition) is 6. The van der Waals surface area contributed by atoms with Crippen LogP contribution in [0.3, 0.4) is 0 Å². The molecular weight excluding hydrogens is 352 g/mol. The Morgan fingerprint density at radius 2 is 2.07 bits per heavy atom. The van der Waals surface area contributed by atoms with Gasteiger partial charge in [0.25, 0.3) is 0 Å². The maximum absolute atomic E-state index is 4.88. The molecule has 0 radical (unpaired) electrons. The minimum atomic E-state index is 0.556. The van der Waals surface area contributed by atoms with Gasteiger partial charge in [0.05, 0.1) is 29.8 Å². The van der Waals surface area contributed by atoms with Gasteiger partial charge in [0, 0.05) is 18.7 Å². The number of likely N-dealkylation sites (N-methyl/N-ethyl adjacent to an activating group) is 1. The molecule has 28 heavy (non-hydrogen) atoms. The average molecular weight is 376 g/mol. The minimum absolute atomic E-state index is 0.556. The molecule has 2 N–H and O–H groups in total. The molecule has 0 saturated heterocycles. The number of aromatic amines is 1. The van der Waals surface area contributed by atoms with Gasteiger partial charge in [0.15, 0.2) is 17.0 Å². The van der Waals surface area contributed by atoms with Crippen LogP contribution >= 0.6 is 0 Å². The minimum Gasteiger partial charge on any atom is -0.360 e. The number of nitrogens with zero attached hydrogens (tertiary/aromatic N) is 6. The summed E-state index contributed by atoms with van der Waals surface area (Å²) >= 11 is 0. The van der Waals surface area contributed by atoms with E-state index in [1.807, 2.05) is 35.1 Å². The number of aromatic nitrogens is 6. The van der Waals surface area contributed by atoms with Crippen LogP contribution < -0.4 is 5.32 Å². The molecule has 1 aliphatic carbocycles. The number of fused-ring (bicyclic) bond motifs is 2. The van der Waals surface area contributed by atoms with Gasteiger partial charge >= 0.3 is 0 Å². The van der Waals surface area contributed by atoms with Crippen LogP contribution in [0.5, 0.6) is 0 Å². The predicted octanol–water partition coefficient (Wildman–Crippen LogP) is 2.75. The van der Waals surface area contributed by atoms with Crippen molar-refractivity contribution in [3.8, 4) is 0 Å². The summed E-state index contributed by atoms with van der Waals surface area (Å²) in [5, 5.41) is 8.16. The van der Waals surface area contributed by atoms with E-state index in [1.54, 1.807) is 0 Å². The van der Waals surface area contributed by atoms with E-state index in [0.717, 1.165) is 52.6 Å². The Labute approximate surface area is 163 Å². The van der Waals surface area contributed by atoms with E-state index in [9.17, 15) is 0 Å². The molecule has 0 spiro atoms. The second-order valence-electron chi connectivity index (χ2n) is 7.67. The number of nitrogens with one attached hydrogen (secondary N) is 2. The Kier molecular flexibility index (Phi) is 4.20. The standard InChI is InChI=1S/C20H24N8/c1-27(2)9-10-28-20-18(21-11-16(25-20)13-7-8-13)19(26-28)22-12-17-23-14-5-3-4-6-15(14)24-17/h3-6,11,13H,7-10,12H2,1-2H3,(H,22,26)(H,23,24). The monoisotopic (exact) mass is 376 g/mol. The van der Waals surface area contributed by atoms with Gasteiger partial charge in [0.2, 0.25) is 0 Å². The molecule has 3 aromatic heterocycles. The third kappa shape index (κ3) is 3.31. The summed E-state index contributed by atoms with van der Waals surface area (Å²) in [7, 11) is 4.13. The molecular formula is C20H24N8. The highest BCUT2D eigenvalue weighted by atomic mass is 15.4. The Hall–Kier alpha value is -3.00. The molecule has 3 heterocycles. The Morgan fingerprint density at radius 3 is 2.86 bits per heavy atom. The van der Waals surface area contributed by atoms with Crippen molar-refractivity contribution in [3.05, 3.63) is 42.0 Å². The maximum Gasteiger partial charge on any atom is 0.179 e. The van der Waals surface area contributed by atoms with Crippen molar-refractivity contribution in [2.75, 3.05) is 26.0 Å². The van der Waals surface area contributed by atoms with Gasteiger partial charge in [-0.25, -0.2) is 19.6 Å². The molecule has 4 aromatic rings. The lowest BCUT2D eigenvalue weighted by molar-refractivity contribution is 0.376. The summed E-state index contributed by atoms with van der Waals surface area (Å²) in [5.41, 5.74) is 4.77. The zero-order valence-corrected chi connectivity index (χ0v) is 16.2. The van der Waals surface area contributed by atoms with Crippen LogP contribution in [-0.4, -0.2) is 55.3 Å². The molecule has 1 saturated carbocycles. The molecule has 0 amide bonds. The van der Waals surface area contributed by atoms with Gasteiger partial charge in [-0.2, -0.15) is 5.10 Å². The molecule has 1 aromatic carbocycles. The van der Waals surface area contributed by atoms with Crippen molar-refractivity contribution in [2.45, 2.75) is 31.8 Å². The number of hydrogen-bond donors (Lipinski definition) is 2. The van der Waals surface area contributed by atoms with E-state index in [2.05, 4.69) is 34.3 Å². The molecule has 0 atom stereocenters. The smallest absolute Gasteiger partial charge is 0.179 e. The zero-order chi connectivity index (χ0) is 19.1. The SMILES string of the molecule is CN(C)CCn1nc(NCc2nc3ccccc3[nH]2)c2ncc(C3CC3)nc21. The van der Waals surface area contributed by atoms with Crippen LogP contribution in [0.4, 0.5) is 5.82 Å². The van der Waals surface area contributed by atoms with E-state index in [0.29, 0.717) is 12.5 Å². The van der Waals surface area contributed by atoms with Crippen LogP contribution in [0.2, 0.25) is 0 Å². The fraction of sp³-hybridized carbons (Fsp3) is 0.400. The van der Waals surface area contributed by atoms with Crippen molar-refractivity contribution in [3.63, 3.8) is 0 Å². The van der Waals surface area contributed by atoms with Crippen LogP contribution in [0.25, 0.3) is 22.2 Å². The van der Waals surface area contributed by atoms with Crippen LogP contribution in [-0.2, 0) is 13.1 Å². The fourth-order valence-corrected chi connectivity index (χ4v) is 3.36. The maximum atomic E-state index is 4.88. The normalized spacial score (nSPS) is 14.4. The molecule has 5 rings (SSSR count). The molecule has 144 valence electrons. The first kappa shape index (κ1) is 17.1. The van der Waals surface area contributed by atoms with E-state index in [4.69, 9.17) is 15.1 Å². The number of para-hydroxylation sites is 2. The summed E-state index contributed by atoms with van der Waals surface area (Å²) in [4.78, 5) is 19.7. The van der Waals surface area contributed by atoms with Gasteiger partial charge in [0.1, 0.15) is 5.82 Å². The van der Waals surface area contributed by atoms with Gasteiger partial charge in [-0.15, -0.1) is 0 Å². The van der Waals surface area contributed by atoms with Crippen LogP contribution in [0.1, 0.15) is 30.3 Å². The van der Waals surface area contributed by atoms with Crippen LogP contribution in [0, 0.1) is 0 Å². The van der Waals surface area contributed by atoms with E-state index >= 15 is 0 Å². The van der Waals surface area contributed by atoms with E-state index < -0.39 is 0 Å². The number of rotatable bonds is 7. The third-order valence-corrected chi connectivity index (χ3v) is 5.08. The highest BCUT2D eigenvalue weighted by Crippen LogP contribution is 2.39. The topological polar surface area (TPSA) is 87.5 Å². The first-order valence-corrected chi connectivity index (χ1v) is 9.73. The fourth-order valence-electron chi connectivity index (χ4n) is 3.36. The zero-order valence-electron chi connectivity index (χ0n) is 16.2. The largest absolute Gasteiger partial charge is 0.360 e. The summed E-state index contributed by atoms with van der Waals surface area (Å²) in [5.74, 6) is 2.20. The lowest BCUT2D eigenvalue weighted by Gasteiger charge is -2.09. The highest BCUT2D eigenvalue weighted by Gasteiger charge is 2.26. The molecule has 0 bridgehead atoms. The Bertz CT molecular complexity index is 1090. The van der Waals surface area contributed by atoms with Gasteiger partial charge in [-0.1, -0.05) is 12.1 Å². The van der Waals surface area contributed by atoms with Crippen molar-refractivity contribution in [2.24, 2.45) is 0 Å². The summed E-state index contributed by atoms with van der Waals surface area (Å²) < 4.78 is 1.97. The Balaban J connectivity index is 1.43. The molecule has 0 unspecified atom stereocenters. The molecule has 1 aliphatic rings. The lowest BCUT2D eigenvalue weighted by Crippen LogP contribution is -2.19. The van der Waals surface area contributed by atoms with Crippen molar-refractivity contribution >= 4 is 28.0 Å². The van der Waals surface area contributed by atoms with Gasteiger partial charge in [-0.05, 0) is 39.1 Å². The average Bonchev–Trinajstić information content (AvgIpc) is 3.37. The van der Waals surface area contributed by atoms with Gasteiger partial charge < -0.3 is 15.2 Å². The molecule has 8 nitrogen and oxygen atoms in total. The summed E-state index contributed by atoms with van der Waals surface area (Å²) in [6.07, 6.45) is 4.33. The van der Waals surface area contributed by atoms with E-state index in [-0.39, 0.29) is 0 Å². The molecule has 1 fully saturated rings. The first-order chi connectivity index (χ1) is 13.7. The second-order valence-corrected chi connectivity index (χ2v) is 7.67. The van der Waals surface area contributed by atoms with Crippen molar-refractivity contribution in [1.82, 2.24) is 34.6 Å². The number of benzene rings is 1. The highest BCUT2D eigenvalue weighted by molar-refractivity contribution is 5.83. The third-order valence-electron chi connectivity index (χ3n) is 5.08. The quantitative estimate of drug-likeness (QED) is 0.516. The van der Waals surface area contributed by atoms with E-state index in [1.165, 1.54) is 12.8 Å². The second kappa shape index (κ2) is 6.87. The molecule has 0 aliphatic heterocycles.